The van der Waals surface area contributed by atoms with Gasteiger partial charge in [0.05, 0.1) is 6.10 Å². The highest BCUT2D eigenvalue weighted by Crippen LogP contribution is 2.63. The first kappa shape index (κ1) is 11.7. The molecule has 1 N–H and O–H groups in total. The van der Waals surface area contributed by atoms with Crippen molar-refractivity contribution in [2.45, 2.75) is 64.3 Å². The third-order valence-corrected chi connectivity index (χ3v) is 5.50. The molecule has 2 fully saturated rings. The number of allylic oxidation sites excluding steroid dienone is 1. The van der Waals surface area contributed by atoms with Gasteiger partial charge in [-0.25, -0.2) is 9.78 Å². The van der Waals surface area contributed by atoms with E-state index in [1.165, 1.54) is 0 Å². The molecule has 3 nitrogen and oxygen atoms in total. The van der Waals surface area contributed by atoms with Crippen LogP contribution in [0.5, 0.6) is 0 Å². The Morgan fingerprint density at radius 1 is 1.29 bits per heavy atom. The van der Waals surface area contributed by atoms with Gasteiger partial charge >= 0.3 is 0 Å². The molecule has 0 radical (unpaired) electrons. The van der Waals surface area contributed by atoms with Gasteiger partial charge in [0.15, 0.2) is 0 Å². The van der Waals surface area contributed by atoms with Crippen molar-refractivity contribution in [1.82, 2.24) is 0 Å². The molecule has 0 amide bonds. The van der Waals surface area contributed by atoms with E-state index in [1.54, 1.807) is 0 Å². The molecule has 0 aromatic carbocycles. The summed E-state index contributed by atoms with van der Waals surface area (Å²) in [4.78, 5) is 11.1. The summed E-state index contributed by atoms with van der Waals surface area (Å²) in [7, 11) is 0. The largest absolute Gasteiger partial charge is 0.390 e. The zero-order chi connectivity index (χ0) is 12.3. The van der Waals surface area contributed by atoms with Gasteiger partial charge < -0.3 is 5.11 Å². The van der Waals surface area contributed by atoms with Crippen LogP contribution in [0, 0.1) is 10.8 Å². The Morgan fingerprint density at radius 2 is 2.06 bits per heavy atom. The van der Waals surface area contributed by atoms with E-state index in [1.807, 2.05) is 0 Å². The lowest BCUT2D eigenvalue weighted by Crippen LogP contribution is -2.65. The van der Waals surface area contributed by atoms with Crippen LogP contribution < -0.4 is 0 Å². The summed E-state index contributed by atoms with van der Waals surface area (Å²) in [6.45, 7) is 6.76. The van der Waals surface area contributed by atoms with Gasteiger partial charge in [-0.05, 0) is 38.0 Å². The highest BCUT2D eigenvalue weighted by atomic mass is 17.2. The van der Waals surface area contributed by atoms with Gasteiger partial charge in [0.1, 0.15) is 11.7 Å². The average Bonchev–Trinajstić information content (AvgIpc) is 2.26. The van der Waals surface area contributed by atoms with E-state index < -0.39 is 0 Å². The first-order valence-electron chi connectivity index (χ1n) is 6.61. The molecule has 2 bridgehead atoms. The number of aliphatic hydroxyl groups excluding tert-OH is 1. The monoisotopic (exact) mass is 238 g/mol. The van der Waals surface area contributed by atoms with Gasteiger partial charge in [-0.3, -0.25) is 0 Å². The van der Waals surface area contributed by atoms with E-state index >= 15 is 0 Å². The van der Waals surface area contributed by atoms with E-state index in [2.05, 4.69) is 32.9 Å². The highest BCUT2D eigenvalue weighted by Gasteiger charge is 2.64. The Kier molecular flexibility index (Phi) is 2.30. The number of aliphatic hydroxyl groups is 1. The van der Waals surface area contributed by atoms with E-state index in [0.717, 1.165) is 25.7 Å². The molecule has 3 rings (SSSR count). The average molecular weight is 238 g/mol. The predicted molar refractivity (Wildman–Crippen MR) is 64.2 cm³/mol. The van der Waals surface area contributed by atoms with Gasteiger partial charge in [0.2, 0.25) is 0 Å². The van der Waals surface area contributed by atoms with Crippen LogP contribution in [0.2, 0.25) is 0 Å². The van der Waals surface area contributed by atoms with Crippen LogP contribution in [0.15, 0.2) is 12.2 Å². The second kappa shape index (κ2) is 3.34. The first-order valence-corrected chi connectivity index (χ1v) is 6.61. The number of rotatable bonds is 0. The molecular weight excluding hydrogens is 216 g/mol. The zero-order valence-electron chi connectivity index (χ0n) is 10.9. The van der Waals surface area contributed by atoms with Crippen LogP contribution in [0.4, 0.5) is 0 Å². The fourth-order valence-electron chi connectivity index (χ4n) is 4.20. The predicted octanol–water partition coefficient (Wildman–Crippen LogP) is 2.59. The standard InChI is InChI=1S/C14H22O3/c1-12(2)6-4-7-13(3)14(12)8-5-10(15)11(9-14)16-17-13/h4,7,10-11,15H,5-6,8-9H2,1-3H3/t10-,11-,13+,14+/m1/s1. The lowest BCUT2D eigenvalue weighted by Gasteiger charge is -2.63. The minimum Gasteiger partial charge on any atom is -0.390 e. The maximum atomic E-state index is 9.94. The van der Waals surface area contributed by atoms with Crippen LogP contribution in [-0.4, -0.2) is 22.9 Å². The molecule has 1 aliphatic heterocycles. The molecular formula is C14H22O3. The summed E-state index contributed by atoms with van der Waals surface area (Å²) in [5, 5.41) is 9.94. The van der Waals surface area contributed by atoms with Crippen molar-refractivity contribution >= 4 is 0 Å². The molecule has 1 spiro atoms. The third kappa shape index (κ3) is 1.33. The number of fused-ring (bicyclic) bond motifs is 1. The Hall–Kier alpha value is -0.380. The fourth-order valence-corrected chi connectivity index (χ4v) is 4.20. The smallest absolute Gasteiger partial charge is 0.125 e. The van der Waals surface area contributed by atoms with E-state index in [9.17, 15) is 5.11 Å². The SMILES string of the molecule is CC1(C)CC=C[C@]2(C)OO[C@@H]3C[C@@]12CC[C@H]3O. The Bertz CT molecular complexity index is 362. The molecule has 3 heteroatoms. The van der Waals surface area contributed by atoms with Crippen molar-refractivity contribution in [3.05, 3.63) is 12.2 Å². The lowest BCUT2D eigenvalue weighted by atomic mass is 9.47. The summed E-state index contributed by atoms with van der Waals surface area (Å²) in [5.41, 5.74) is -0.0546. The molecule has 1 saturated carbocycles. The van der Waals surface area contributed by atoms with Crippen molar-refractivity contribution < 1.29 is 14.9 Å². The van der Waals surface area contributed by atoms with Crippen LogP contribution in [0.25, 0.3) is 0 Å². The van der Waals surface area contributed by atoms with Crippen LogP contribution in [0.3, 0.4) is 0 Å². The van der Waals surface area contributed by atoms with Gasteiger partial charge in [-0.2, -0.15) is 0 Å². The van der Waals surface area contributed by atoms with Gasteiger partial charge in [-0.1, -0.05) is 26.0 Å². The van der Waals surface area contributed by atoms with Gasteiger partial charge in [0.25, 0.3) is 0 Å². The number of hydrogen-bond donors (Lipinski definition) is 1. The van der Waals surface area contributed by atoms with Crippen LogP contribution in [0.1, 0.15) is 46.5 Å². The molecule has 0 aromatic heterocycles. The summed E-state index contributed by atoms with van der Waals surface area (Å²) in [6, 6.07) is 0. The van der Waals surface area contributed by atoms with Crippen molar-refractivity contribution in [2.24, 2.45) is 10.8 Å². The summed E-state index contributed by atoms with van der Waals surface area (Å²) >= 11 is 0. The molecule has 96 valence electrons. The first-order chi connectivity index (χ1) is 7.90. The van der Waals surface area contributed by atoms with Crippen LogP contribution in [-0.2, 0) is 9.78 Å². The zero-order valence-corrected chi connectivity index (χ0v) is 10.9. The Labute approximate surface area is 103 Å². The summed E-state index contributed by atoms with van der Waals surface area (Å²) in [6.07, 6.45) is 7.67. The highest BCUT2D eigenvalue weighted by molar-refractivity contribution is 5.22. The van der Waals surface area contributed by atoms with E-state index in [-0.39, 0.29) is 28.6 Å². The van der Waals surface area contributed by atoms with E-state index in [0.29, 0.717) is 0 Å². The molecule has 1 saturated heterocycles. The normalized spacial score (nSPS) is 52.0. The second-order valence-corrected chi connectivity index (χ2v) is 6.71. The van der Waals surface area contributed by atoms with Crippen molar-refractivity contribution in [1.29, 1.82) is 0 Å². The second-order valence-electron chi connectivity index (χ2n) is 6.71. The van der Waals surface area contributed by atoms with E-state index in [4.69, 9.17) is 9.78 Å². The van der Waals surface area contributed by atoms with Crippen molar-refractivity contribution in [3.8, 4) is 0 Å². The Balaban J connectivity index is 2.07. The Morgan fingerprint density at radius 3 is 2.82 bits per heavy atom. The van der Waals surface area contributed by atoms with Crippen LogP contribution >= 0.6 is 0 Å². The minimum absolute atomic E-state index is 0.0941. The fraction of sp³-hybridized carbons (Fsp3) is 0.857. The molecule has 0 unspecified atom stereocenters. The molecule has 0 aromatic rings. The molecule has 1 heterocycles. The van der Waals surface area contributed by atoms with Crippen molar-refractivity contribution in [3.63, 3.8) is 0 Å². The molecule has 17 heavy (non-hydrogen) atoms. The lowest BCUT2D eigenvalue weighted by molar-refractivity contribution is -0.455. The van der Waals surface area contributed by atoms with Gasteiger partial charge in [-0.15, -0.1) is 0 Å². The number of hydrogen-bond acceptors (Lipinski definition) is 3. The maximum absolute atomic E-state index is 9.94. The molecule has 3 aliphatic rings. The van der Waals surface area contributed by atoms with Crippen molar-refractivity contribution in [2.75, 3.05) is 0 Å². The van der Waals surface area contributed by atoms with Gasteiger partial charge in [0, 0.05) is 5.41 Å². The summed E-state index contributed by atoms with van der Waals surface area (Å²) in [5.74, 6) is 0. The topological polar surface area (TPSA) is 38.7 Å². The minimum atomic E-state index is -0.369. The molecule has 4 atom stereocenters. The summed E-state index contributed by atoms with van der Waals surface area (Å²) < 4.78 is 0. The quantitative estimate of drug-likeness (QED) is 0.521. The molecule has 2 aliphatic carbocycles. The maximum Gasteiger partial charge on any atom is 0.125 e. The third-order valence-electron chi connectivity index (χ3n) is 5.50.